The number of aliphatic hydroxyl groups is 1. The smallest absolute Gasteiger partial charge is 0.419 e. The van der Waals surface area contributed by atoms with Crippen molar-refractivity contribution in [3.8, 4) is 5.75 Å². The van der Waals surface area contributed by atoms with Crippen LogP contribution in [0.2, 0.25) is 0 Å². The molecule has 8 heteroatoms. The average molecular weight is 449 g/mol. The van der Waals surface area contributed by atoms with Gasteiger partial charge in [0.1, 0.15) is 17.0 Å². The lowest BCUT2D eigenvalue weighted by atomic mass is 10.0. The minimum absolute atomic E-state index is 0.00520. The van der Waals surface area contributed by atoms with E-state index in [9.17, 15) is 14.7 Å². The first-order chi connectivity index (χ1) is 14.9. The summed E-state index contributed by atoms with van der Waals surface area (Å²) >= 11 is 0. The van der Waals surface area contributed by atoms with E-state index in [1.807, 2.05) is 32.9 Å². The molecule has 0 fully saturated rings. The third-order valence-electron chi connectivity index (χ3n) is 4.58. The van der Waals surface area contributed by atoms with Gasteiger partial charge in [0.05, 0.1) is 12.6 Å². The van der Waals surface area contributed by atoms with Gasteiger partial charge >= 0.3 is 12.2 Å². The summed E-state index contributed by atoms with van der Waals surface area (Å²) in [5, 5.41) is 13.0. The van der Waals surface area contributed by atoms with Gasteiger partial charge < -0.3 is 24.6 Å². The molecule has 0 bridgehead atoms. The first kappa shape index (κ1) is 25.5. The number of rotatable bonds is 7. The second kappa shape index (κ2) is 10.3. The quantitative estimate of drug-likeness (QED) is 0.650. The van der Waals surface area contributed by atoms with Gasteiger partial charge in [-0.05, 0) is 84.6 Å². The van der Waals surface area contributed by atoms with Crippen LogP contribution in [0, 0.1) is 0 Å². The van der Waals surface area contributed by atoms with E-state index in [1.165, 1.54) is 0 Å². The Morgan fingerprint density at radius 2 is 1.69 bits per heavy atom. The van der Waals surface area contributed by atoms with Crippen LogP contribution in [-0.2, 0) is 22.3 Å². The minimum atomic E-state index is -0.660. The van der Waals surface area contributed by atoms with E-state index in [-0.39, 0.29) is 6.61 Å². The molecule has 0 saturated heterocycles. The fourth-order valence-corrected chi connectivity index (χ4v) is 3.42. The SMILES string of the molecule is COc1ccc2c(c1)c(CCNC(=O)OC(C)(C)C)c(CCCO)n2C(=O)OC(C)(C)C. The second-order valence-corrected chi connectivity index (χ2v) is 9.63. The molecule has 0 aliphatic rings. The van der Waals surface area contributed by atoms with Crippen LogP contribution in [0.4, 0.5) is 9.59 Å². The highest BCUT2D eigenvalue weighted by molar-refractivity contribution is 5.94. The molecule has 0 aliphatic heterocycles. The van der Waals surface area contributed by atoms with Crippen LogP contribution >= 0.6 is 0 Å². The molecule has 2 N–H and O–H groups in total. The molecule has 0 unspecified atom stereocenters. The second-order valence-electron chi connectivity index (χ2n) is 9.63. The molecule has 0 aliphatic carbocycles. The predicted octanol–water partition coefficient (Wildman–Crippen LogP) is 4.43. The van der Waals surface area contributed by atoms with Crippen LogP contribution in [-0.4, -0.2) is 53.3 Å². The number of carbonyl (C=O) groups excluding carboxylic acids is 2. The first-order valence-corrected chi connectivity index (χ1v) is 10.9. The van der Waals surface area contributed by atoms with Crippen molar-refractivity contribution in [1.29, 1.82) is 0 Å². The summed E-state index contributed by atoms with van der Waals surface area (Å²) in [5.41, 5.74) is 1.10. The number of carbonyl (C=O) groups is 2. The number of fused-ring (bicyclic) bond motifs is 1. The summed E-state index contributed by atoms with van der Waals surface area (Å²) in [7, 11) is 1.59. The molecule has 1 aromatic carbocycles. The van der Waals surface area contributed by atoms with Crippen molar-refractivity contribution < 1.29 is 28.9 Å². The largest absolute Gasteiger partial charge is 0.497 e. The number of aliphatic hydroxyl groups excluding tert-OH is 1. The molecule has 0 radical (unpaired) electrons. The van der Waals surface area contributed by atoms with Gasteiger partial charge in [-0.2, -0.15) is 0 Å². The number of alkyl carbamates (subject to hydrolysis) is 1. The number of aromatic nitrogens is 1. The number of nitrogens with zero attached hydrogens (tertiary/aromatic N) is 1. The highest BCUT2D eigenvalue weighted by Gasteiger charge is 2.26. The Balaban J connectivity index is 2.48. The Morgan fingerprint density at radius 1 is 1.03 bits per heavy atom. The minimum Gasteiger partial charge on any atom is -0.497 e. The lowest BCUT2D eigenvalue weighted by Crippen LogP contribution is -2.33. The average Bonchev–Trinajstić information content (AvgIpc) is 2.96. The molecule has 2 aromatic rings. The lowest BCUT2D eigenvalue weighted by Gasteiger charge is -2.21. The number of hydrogen-bond donors (Lipinski definition) is 2. The fourth-order valence-electron chi connectivity index (χ4n) is 3.42. The number of methoxy groups -OCH3 is 1. The molecule has 0 atom stereocenters. The van der Waals surface area contributed by atoms with Gasteiger partial charge in [-0.3, -0.25) is 0 Å². The standard InChI is InChI=1S/C24H36N2O6/c1-23(2,3)31-21(28)25-13-12-17-18-15-16(30-7)10-11-20(18)26(19(17)9-8-14-27)22(29)32-24(4,5)6/h10-11,15,27H,8-9,12-14H2,1-7H3,(H,25,28). The van der Waals surface area contributed by atoms with Gasteiger partial charge in [0, 0.05) is 24.2 Å². The summed E-state index contributed by atoms with van der Waals surface area (Å²) in [6, 6.07) is 5.49. The Bertz CT molecular complexity index is 950. The third-order valence-corrected chi connectivity index (χ3v) is 4.58. The number of hydrogen-bond acceptors (Lipinski definition) is 6. The first-order valence-electron chi connectivity index (χ1n) is 10.9. The van der Waals surface area contributed by atoms with Crippen LogP contribution in [0.3, 0.4) is 0 Å². The number of ether oxygens (including phenoxy) is 3. The van der Waals surface area contributed by atoms with Crippen LogP contribution < -0.4 is 10.1 Å². The van der Waals surface area contributed by atoms with Crippen molar-refractivity contribution >= 4 is 23.1 Å². The molecular formula is C24H36N2O6. The molecule has 1 heterocycles. The van der Waals surface area contributed by atoms with Gasteiger partial charge in [-0.1, -0.05) is 0 Å². The Hall–Kier alpha value is -2.74. The van der Waals surface area contributed by atoms with Crippen molar-refractivity contribution in [3.05, 3.63) is 29.5 Å². The normalized spacial score (nSPS) is 12.0. The molecule has 0 saturated carbocycles. The van der Waals surface area contributed by atoms with Crippen LogP contribution in [0.15, 0.2) is 18.2 Å². The van der Waals surface area contributed by atoms with Crippen molar-refractivity contribution in [2.75, 3.05) is 20.3 Å². The van der Waals surface area contributed by atoms with Crippen LogP contribution in [0.1, 0.15) is 59.2 Å². The van der Waals surface area contributed by atoms with Gasteiger partial charge in [0.25, 0.3) is 0 Å². The van der Waals surface area contributed by atoms with Crippen molar-refractivity contribution in [3.63, 3.8) is 0 Å². The van der Waals surface area contributed by atoms with E-state index in [1.54, 1.807) is 38.5 Å². The maximum atomic E-state index is 13.1. The third kappa shape index (κ3) is 6.88. The molecular weight excluding hydrogens is 412 g/mol. The fraction of sp³-hybridized carbons (Fsp3) is 0.583. The highest BCUT2D eigenvalue weighted by atomic mass is 16.6. The van der Waals surface area contributed by atoms with Gasteiger partial charge in [0.15, 0.2) is 0 Å². The van der Waals surface area contributed by atoms with Crippen LogP contribution in [0.5, 0.6) is 5.75 Å². The zero-order valence-corrected chi connectivity index (χ0v) is 20.2. The summed E-state index contributed by atoms with van der Waals surface area (Å²) in [6.07, 6.45) is 0.464. The van der Waals surface area contributed by atoms with E-state index in [0.717, 1.165) is 16.6 Å². The zero-order valence-electron chi connectivity index (χ0n) is 20.2. The maximum absolute atomic E-state index is 13.1. The van der Waals surface area contributed by atoms with Crippen molar-refractivity contribution in [1.82, 2.24) is 9.88 Å². The molecule has 178 valence electrons. The molecule has 32 heavy (non-hydrogen) atoms. The number of benzene rings is 1. The highest BCUT2D eigenvalue weighted by Crippen LogP contribution is 2.32. The lowest BCUT2D eigenvalue weighted by molar-refractivity contribution is 0.0519. The summed E-state index contributed by atoms with van der Waals surface area (Å²) < 4.78 is 17.9. The van der Waals surface area contributed by atoms with E-state index >= 15 is 0 Å². The van der Waals surface area contributed by atoms with Gasteiger partial charge in [0.2, 0.25) is 0 Å². The van der Waals surface area contributed by atoms with E-state index < -0.39 is 23.4 Å². The summed E-state index contributed by atoms with van der Waals surface area (Å²) in [5.74, 6) is 0.661. The predicted molar refractivity (Wildman–Crippen MR) is 123 cm³/mol. The molecule has 1 aromatic heterocycles. The Morgan fingerprint density at radius 3 is 2.25 bits per heavy atom. The molecule has 2 rings (SSSR count). The van der Waals surface area contributed by atoms with Gasteiger partial charge in [-0.15, -0.1) is 0 Å². The van der Waals surface area contributed by atoms with Crippen molar-refractivity contribution in [2.24, 2.45) is 0 Å². The monoisotopic (exact) mass is 448 g/mol. The number of nitrogens with one attached hydrogen (secondary N) is 1. The molecule has 8 nitrogen and oxygen atoms in total. The summed E-state index contributed by atoms with van der Waals surface area (Å²) in [4.78, 5) is 25.2. The zero-order chi connectivity index (χ0) is 24.1. The van der Waals surface area contributed by atoms with E-state index in [0.29, 0.717) is 37.1 Å². The maximum Gasteiger partial charge on any atom is 0.419 e. The van der Waals surface area contributed by atoms with E-state index in [2.05, 4.69) is 5.32 Å². The Labute approximate surface area is 189 Å². The van der Waals surface area contributed by atoms with E-state index in [4.69, 9.17) is 14.2 Å². The van der Waals surface area contributed by atoms with Crippen molar-refractivity contribution in [2.45, 2.75) is 72.0 Å². The topological polar surface area (TPSA) is 99.0 Å². The molecule has 1 amide bonds. The Kier molecular flexibility index (Phi) is 8.18. The van der Waals surface area contributed by atoms with Crippen LogP contribution in [0.25, 0.3) is 10.9 Å². The van der Waals surface area contributed by atoms with Gasteiger partial charge in [-0.25, -0.2) is 14.2 Å². The molecule has 0 spiro atoms. The number of amides is 1. The summed E-state index contributed by atoms with van der Waals surface area (Å²) in [6.45, 7) is 11.2.